The number of carbonyl (C=O) groups excluding carboxylic acids is 8. The first-order valence-corrected chi connectivity index (χ1v) is 35.6. The van der Waals surface area contributed by atoms with Crippen molar-refractivity contribution in [3.05, 3.63) is 108 Å². The third-order valence-electron chi connectivity index (χ3n) is 17.6. The molecule has 0 aliphatic carbocycles. The minimum atomic E-state index is -1.56. The summed E-state index contributed by atoms with van der Waals surface area (Å²) in [6.45, 7) is 0.528. The van der Waals surface area contributed by atoms with Crippen LogP contribution in [0.15, 0.2) is 91.4 Å². The Morgan fingerprint density at radius 1 is 0.312 bits per heavy atom. The zero-order valence-electron chi connectivity index (χ0n) is 60.4. The van der Waals surface area contributed by atoms with Crippen molar-refractivity contribution in [1.29, 1.82) is 32.5 Å². The second-order valence-corrected chi connectivity index (χ2v) is 26.0. The minimum Gasteiger partial charge on any atom is -0.480 e. The molecule has 0 saturated heterocycles. The predicted molar refractivity (Wildman–Crippen MR) is 412 cm³/mol. The fraction of sp³-hybridized carbons (Fsp3) is 0.435. The van der Waals surface area contributed by atoms with Crippen LogP contribution in [0.4, 0.5) is 0 Å². The Kier molecular flexibility index (Phi) is 33.9. The van der Waals surface area contributed by atoms with Crippen LogP contribution in [0.3, 0.4) is 0 Å². The van der Waals surface area contributed by atoms with Crippen LogP contribution in [0.25, 0.3) is 32.7 Å². The summed E-state index contributed by atoms with van der Waals surface area (Å²) in [6.07, 6.45) is 4.59. The van der Waals surface area contributed by atoms with Crippen LogP contribution < -0.4 is 115 Å². The number of amides is 8. The second-order valence-electron chi connectivity index (χ2n) is 26.0. The first kappa shape index (κ1) is 85.0. The summed E-state index contributed by atoms with van der Waals surface area (Å²) in [5, 5.41) is 95.8. The molecule has 3 aromatic heterocycles. The molecule has 40 nitrogen and oxygen atoms in total. The van der Waals surface area contributed by atoms with Crippen molar-refractivity contribution in [3.63, 3.8) is 0 Å². The van der Waals surface area contributed by atoms with Gasteiger partial charge in [-0.25, -0.2) is 4.79 Å². The highest BCUT2D eigenvalue weighted by atomic mass is 16.4. The van der Waals surface area contributed by atoms with Crippen LogP contribution in [0.1, 0.15) is 93.7 Å². The van der Waals surface area contributed by atoms with Crippen LogP contribution in [0, 0.1) is 32.5 Å². The number of carboxylic acid groups (broad SMARTS) is 1. The van der Waals surface area contributed by atoms with E-state index in [0.717, 1.165) is 0 Å². The topological polar surface area (TPSA) is 715 Å². The highest BCUT2D eigenvalue weighted by molar-refractivity contribution is 6.00. The molecule has 9 atom stereocenters. The Hall–Kier alpha value is -12.9. The maximum atomic E-state index is 15.5. The molecule has 109 heavy (non-hydrogen) atoms. The highest BCUT2D eigenvalue weighted by Gasteiger charge is 2.37. The first-order chi connectivity index (χ1) is 52.1. The number of aromatic amines is 3. The summed E-state index contributed by atoms with van der Waals surface area (Å²) in [5.41, 5.74) is 43.2. The maximum Gasteiger partial charge on any atom is 0.326 e. The number of hydrogen-bond donors (Lipinski definition) is 31. The lowest BCUT2D eigenvalue weighted by atomic mass is 10.00. The van der Waals surface area contributed by atoms with Gasteiger partial charge >= 0.3 is 5.97 Å². The van der Waals surface area contributed by atoms with E-state index >= 15 is 24.0 Å². The zero-order valence-corrected chi connectivity index (χ0v) is 60.4. The Balaban J connectivity index is 1.36. The standard InChI is InChI=1S/C69H104N30O10/c70-43(16-7-25-83-64(71)72)55(100)92-47(20-8-26-84-65(73)74)58(103)98-54(33-39-36-91-46-19-6-3-15-42(39)46)62(107)99-53(32-38-35-90-45-18-5-2-14-41(38)45)61(106)94-48(21-9-27-85-66(75)76)56(101)93-50(23-11-29-87-68(79)80)59(104)97-52(31-37-34-89-44-17-4-1-13-40(37)44)60(105)95-49(22-10-28-86-67(77)78)57(102)96-51(63(108)109)24-12-30-88-69(81)82/h1-6,13-15,17-19,34-36,43,47-54,89-91H,7-12,16,20-33,70H2,(H,92,100)(H,93,101)(H,94,106)(H,95,105)(H,96,102)(H,97,104)(H,98,103)(H,99,107)(H,108,109)(H4,71,72,83)(H4,73,74,84)(H4,75,76,85)(H4,77,78,86)(H4,79,80,87)(H4,81,82,88)/t43-,47-,48-,49-,50-,51-,52-,53-,54-/m0/s1. The molecule has 6 rings (SSSR count). The predicted octanol–water partition coefficient (Wildman–Crippen LogP) is -3.97. The van der Waals surface area contributed by atoms with E-state index < -0.39 is 120 Å². The quantitative estimate of drug-likeness (QED) is 0.00984. The molecule has 0 saturated carbocycles. The molecule has 38 N–H and O–H groups in total. The van der Waals surface area contributed by atoms with Crippen molar-refractivity contribution in [2.45, 2.75) is 151 Å². The third kappa shape index (κ3) is 28.8. The number of hydrogen-bond acceptors (Lipinski definition) is 16. The van der Waals surface area contributed by atoms with E-state index in [4.69, 9.17) is 72.6 Å². The Morgan fingerprint density at radius 3 is 0.780 bits per heavy atom. The zero-order chi connectivity index (χ0) is 79.5. The Morgan fingerprint density at radius 2 is 0.523 bits per heavy atom. The maximum absolute atomic E-state index is 15.5. The lowest BCUT2D eigenvalue weighted by molar-refractivity contribution is -0.142. The molecule has 0 fully saturated rings. The lowest BCUT2D eigenvalue weighted by Crippen LogP contribution is -2.61. The van der Waals surface area contributed by atoms with Gasteiger partial charge in [0.25, 0.3) is 0 Å². The number of benzene rings is 3. The van der Waals surface area contributed by atoms with Crippen LogP contribution in [0.2, 0.25) is 0 Å². The fourth-order valence-corrected chi connectivity index (χ4v) is 12.0. The van der Waals surface area contributed by atoms with Gasteiger partial charge in [0.05, 0.1) is 6.04 Å². The summed E-state index contributed by atoms with van der Waals surface area (Å²) in [6, 6.07) is 8.35. The average Bonchev–Trinajstić information content (AvgIpc) is 1.73. The molecule has 0 bridgehead atoms. The minimum absolute atomic E-state index is 0.00597. The van der Waals surface area contributed by atoms with Crippen LogP contribution in [0.5, 0.6) is 0 Å². The molecular weight excluding hydrogens is 1410 g/mol. The Labute approximate surface area is 627 Å². The van der Waals surface area contributed by atoms with Gasteiger partial charge < -0.3 is 135 Å². The van der Waals surface area contributed by atoms with Gasteiger partial charge in [-0.2, -0.15) is 0 Å². The number of aromatic nitrogens is 3. The van der Waals surface area contributed by atoms with Crippen molar-refractivity contribution in [2.75, 3.05) is 39.3 Å². The molecule has 6 aromatic rings. The van der Waals surface area contributed by atoms with Crippen molar-refractivity contribution in [2.24, 2.45) is 40.1 Å². The molecule has 8 amide bonds. The van der Waals surface area contributed by atoms with E-state index in [0.29, 0.717) is 55.8 Å². The van der Waals surface area contributed by atoms with Crippen molar-refractivity contribution >= 4 is 122 Å². The number of guanidine groups is 6. The largest absolute Gasteiger partial charge is 0.480 e. The number of H-pyrrole nitrogens is 3. The number of nitrogens with two attached hydrogens (primary N) is 7. The molecule has 40 heteroatoms. The molecule has 0 radical (unpaired) electrons. The smallest absolute Gasteiger partial charge is 0.326 e. The highest BCUT2D eigenvalue weighted by Crippen LogP contribution is 2.23. The number of carbonyl (C=O) groups is 9. The van der Waals surface area contributed by atoms with E-state index in [1.807, 2.05) is 6.07 Å². The second kappa shape index (κ2) is 43.5. The van der Waals surface area contributed by atoms with Crippen LogP contribution >= 0.6 is 0 Å². The van der Waals surface area contributed by atoms with E-state index in [1.165, 1.54) is 0 Å². The third-order valence-corrected chi connectivity index (χ3v) is 17.6. The summed E-state index contributed by atoms with van der Waals surface area (Å²) >= 11 is 0. The van der Waals surface area contributed by atoms with E-state index in [1.54, 1.807) is 85.3 Å². The SMILES string of the molecule is N=C(N)NCCC[C@H](NC(=O)[C@H](CCCNC(=N)N)NC(=O)[C@H](Cc1c[nH]c2ccccc12)NC(=O)[C@H](CCCNC(=N)N)NC(=O)[C@H](CCCNC(=N)N)NC(=O)[C@H](Cc1c[nH]c2ccccc12)NC(=O)[C@H](Cc1c[nH]c2ccccc12)NC(=O)[C@H](CCCNC(=N)N)NC(=O)[C@@H](N)CCCNC(=N)N)C(=O)O. The summed E-state index contributed by atoms with van der Waals surface area (Å²) < 4.78 is 0. The number of carboxylic acids is 1. The summed E-state index contributed by atoms with van der Waals surface area (Å²) in [5.74, 6) is -10.6. The van der Waals surface area contributed by atoms with Crippen molar-refractivity contribution in [1.82, 2.24) is 89.4 Å². The van der Waals surface area contributed by atoms with Gasteiger partial charge in [-0.3, -0.25) is 70.8 Å². The van der Waals surface area contributed by atoms with Crippen LogP contribution in [-0.4, -0.2) is 203 Å². The summed E-state index contributed by atoms with van der Waals surface area (Å²) in [4.78, 5) is 141. The number of fused-ring (bicyclic) bond motifs is 3. The van der Waals surface area contributed by atoms with Gasteiger partial charge in [0.2, 0.25) is 47.3 Å². The number of para-hydroxylation sites is 3. The van der Waals surface area contributed by atoms with Crippen molar-refractivity contribution < 1.29 is 48.3 Å². The van der Waals surface area contributed by atoms with Gasteiger partial charge in [-0.15, -0.1) is 0 Å². The molecule has 0 unspecified atom stereocenters. The fourth-order valence-electron chi connectivity index (χ4n) is 12.0. The van der Waals surface area contributed by atoms with Gasteiger partial charge in [-0.05, 0) is 112 Å². The lowest BCUT2D eigenvalue weighted by Gasteiger charge is -2.28. The van der Waals surface area contributed by atoms with Crippen molar-refractivity contribution in [3.8, 4) is 0 Å². The summed E-state index contributed by atoms with van der Waals surface area (Å²) in [7, 11) is 0. The average molecular weight is 1510 g/mol. The molecule has 0 aliphatic heterocycles. The van der Waals surface area contributed by atoms with Gasteiger partial charge in [0.15, 0.2) is 35.8 Å². The van der Waals surface area contributed by atoms with E-state index in [-0.39, 0.29) is 153 Å². The van der Waals surface area contributed by atoms with Crippen LogP contribution in [-0.2, 0) is 62.4 Å². The normalized spacial score (nSPS) is 13.5. The molecule has 3 heterocycles. The van der Waals surface area contributed by atoms with E-state index in [9.17, 15) is 24.3 Å². The van der Waals surface area contributed by atoms with E-state index in [2.05, 4.69) is 89.4 Å². The monoisotopic (exact) mass is 1510 g/mol. The molecule has 590 valence electrons. The number of nitrogens with one attached hydrogen (secondary N) is 23. The molecule has 0 spiro atoms. The van der Waals surface area contributed by atoms with Gasteiger partial charge in [0, 0.05) is 110 Å². The molecule has 0 aliphatic rings. The first-order valence-electron chi connectivity index (χ1n) is 35.6. The van der Waals surface area contributed by atoms with Gasteiger partial charge in [0.1, 0.15) is 48.3 Å². The number of rotatable bonds is 47. The molecular formula is C69H104N30O10. The number of aliphatic carboxylic acids is 1. The van der Waals surface area contributed by atoms with Gasteiger partial charge in [-0.1, -0.05) is 54.6 Å². The Bertz CT molecular complexity index is 4160. The molecule has 3 aromatic carbocycles.